The van der Waals surface area contributed by atoms with E-state index in [0.29, 0.717) is 43.4 Å². The topological polar surface area (TPSA) is 148 Å². The van der Waals surface area contributed by atoms with E-state index in [2.05, 4.69) is 77.4 Å². The molecule has 0 bridgehead atoms. The van der Waals surface area contributed by atoms with Crippen LogP contribution in [-0.2, 0) is 46.9 Å². The largest absolute Gasteiger partial charge is 0.492 e. The van der Waals surface area contributed by atoms with Crippen LogP contribution >= 0.6 is 0 Å². The predicted molar refractivity (Wildman–Crippen MR) is 258 cm³/mol. The van der Waals surface area contributed by atoms with Crippen LogP contribution in [0.25, 0.3) is 0 Å². The van der Waals surface area contributed by atoms with Crippen molar-refractivity contribution in [3.8, 4) is 5.75 Å². The summed E-state index contributed by atoms with van der Waals surface area (Å²) < 4.78 is 5.81. The number of amides is 4. The van der Waals surface area contributed by atoms with Gasteiger partial charge in [0.1, 0.15) is 5.75 Å². The second-order valence-electron chi connectivity index (χ2n) is 18.6. The number of rotatable bonds is 13. The summed E-state index contributed by atoms with van der Waals surface area (Å²) in [6.45, 7) is 28.4. The number of nitrogens with zero attached hydrogens (tertiary/aromatic N) is 5. The minimum Gasteiger partial charge on any atom is -0.492 e. The zero-order valence-electron chi connectivity index (χ0n) is 41.7. The molecular weight excluding hydrogens is 990 g/mol. The van der Waals surface area contributed by atoms with Crippen molar-refractivity contribution in [2.45, 2.75) is 126 Å². The van der Waals surface area contributed by atoms with Crippen LogP contribution in [-0.4, -0.2) is 137 Å². The van der Waals surface area contributed by atoms with Crippen molar-refractivity contribution in [1.82, 2.24) is 35.2 Å². The fourth-order valence-electron chi connectivity index (χ4n) is 7.49. The van der Waals surface area contributed by atoms with E-state index in [1.165, 1.54) is 0 Å². The Hall–Kier alpha value is -3.38. The molecule has 0 saturated carbocycles. The molecule has 3 N–H and O–H groups in total. The molecule has 3 unspecified atom stereocenters. The number of nitrogens with one attached hydrogen (secondary N) is 2. The van der Waals surface area contributed by atoms with Crippen molar-refractivity contribution in [1.29, 1.82) is 0 Å². The molecule has 6 rings (SSSR count). The van der Waals surface area contributed by atoms with Gasteiger partial charge in [-0.1, -0.05) is 99.6 Å². The maximum absolute atomic E-state index is 12.8. The Kier molecular flexibility index (Phi) is 31.2. The Morgan fingerprint density at radius 2 is 1.26 bits per heavy atom. The first kappa shape index (κ1) is 59.6. The number of aromatic nitrogens is 1. The van der Waals surface area contributed by atoms with Gasteiger partial charge in [0, 0.05) is 66.5 Å². The van der Waals surface area contributed by atoms with Crippen LogP contribution in [0.3, 0.4) is 0 Å². The minimum atomic E-state index is -0.167. The third-order valence-electron chi connectivity index (χ3n) is 11.5. The van der Waals surface area contributed by atoms with Gasteiger partial charge in [-0.25, -0.2) is 0 Å². The van der Waals surface area contributed by atoms with Gasteiger partial charge in [0.05, 0.1) is 44.6 Å². The molecule has 1 aromatic heterocycles. The molecule has 2 aromatic rings. The predicted octanol–water partition coefficient (Wildman–Crippen LogP) is 6.71. The molecular formula is C51H86N7O6W-. The first-order valence-corrected chi connectivity index (χ1v) is 24.3. The smallest absolute Gasteiger partial charge is 0.242 e. The van der Waals surface area contributed by atoms with Gasteiger partial charge in [-0.2, -0.15) is 12.8 Å². The second kappa shape index (κ2) is 34.0. The van der Waals surface area contributed by atoms with Crippen LogP contribution in [0.5, 0.6) is 5.75 Å². The van der Waals surface area contributed by atoms with Gasteiger partial charge in [-0.05, 0) is 86.1 Å². The summed E-state index contributed by atoms with van der Waals surface area (Å²) >= 11 is 0. The third kappa shape index (κ3) is 23.8. The molecule has 5 heterocycles. The van der Waals surface area contributed by atoms with E-state index in [1.54, 1.807) is 22.2 Å². The van der Waals surface area contributed by atoms with Crippen molar-refractivity contribution in [3.05, 3.63) is 66.8 Å². The van der Waals surface area contributed by atoms with E-state index in [0.717, 1.165) is 95.0 Å². The number of aliphatic hydroxyl groups is 1. The molecule has 13 nitrogen and oxygen atoms in total. The number of ether oxygens (including phenoxy) is 1. The molecule has 4 aliphatic rings. The van der Waals surface area contributed by atoms with Crippen LogP contribution in [0, 0.1) is 36.0 Å². The zero-order valence-corrected chi connectivity index (χ0v) is 44.6. The Morgan fingerprint density at radius 1 is 0.754 bits per heavy atom. The molecule has 1 aromatic carbocycles. The van der Waals surface area contributed by atoms with Gasteiger partial charge in [0.2, 0.25) is 23.6 Å². The number of carbonyl (C=O) groups excluding carboxylic acids is 4. The summed E-state index contributed by atoms with van der Waals surface area (Å²) in [4.78, 5) is 61.6. The molecule has 4 saturated heterocycles. The SMILES string of the molecule is CC.CC(C)C.CC(C)C(C)CC1NCCN(CC(=O)N2CCC(COc3cccnc3)CC2)C1=O.CC(C)CC1NCCN(CC(=O)N2CC[CH-]CC2)C1=O.OCc1ccccc1.[W]. The van der Waals surface area contributed by atoms with Crippen molar-refractivity contribution >= 4 is 23.6 Å². The zero-order chi connectivity index (χ0) is 47.4. The van der Waals surface area contributed by atoms with Gasteiger partial charge in [0.15, 0.2) is 0 Å². The fourth-order valence-corrected chi connectivity index (χ4v) is 7.49. The number of piperazine rings is 2. The maximum Gasteiger partial charge on any atom is 0.242 e. The van der Waals surface area contributed by atoms with E-state index >= 15 is 0 Å². The number of likely N-dealkylation sites (tertiary alicyclic amines) is 2. The molecule has 3 atom stereocenters. The first-order chi connectivity index (χ1) is 30.7. The minimum absolute atomic E-state index is 0. The van der Waals surface area contributed by atoms with Crippen molar-refractivity contribution in [2.24, 2.45) is 29.6 Å². The Balaban J connectivity index is 0.000000516. The van der Waals surface area contributed by atoms with Crippen LogP contribution in [0.4, 0.5) is 0 Å². The molecule has 4 fully saturated rings. The molecule has 4 amide bonds. The van der Waals surface area contributed by atoms with Crippen molar-refractivity contribution in [3.63, 3.8) is 0 Å². The summed E-state index contributed by atoms with van der Waals surface area (Å²) in [5, 5.41) is 15.1. The standard InChI is InChI=1S/C23H36N4O3.C15H26N3O2.C7H8O.C4H10.C2H6.W/c1-17(2)18(3)13-21-23(29)27(12-9-25-21)15-22(28)26-10-6-19(7-11-26)16-30-20-5-4-8-24-14-20;1-12(2)10-13-15(20)18(9-6-16-13)11-14(19)17-7-4-3-5-8-17;8-6-7-4-2-1-3-5-7;1-4(2)3;1-2;/h4-5,8,14,17-19,21,25H,6-7,9-13,15-16H2,1-3H3;3,12-13,16H,4-11H2,1-2H3;1-5,8H,6H2;4H,1-3H3;1-2H3;/q;-1;;;;. The van der Waals surface area contributed by atoms with E-state index in [1.807, 2.05) is 66.1 Å². The summed E-state index contributed by atoms with van der Waals surface area (Å²) in [5.74, 6) is 3.86. The summed E-state index contributed by atoms with van der Waals surface area (Å²) in [6, 6.07) is 13.0. The fraction of sp³-hybridized carbons (Fsp3) is 0.686. The van der Waals surface area contributed by atoms with Gasteiger partial charge >= 0.3 is 0 Å². The number of benzene rings is 1. The molecule has 0 aliphatic carbocycles. The normalized spacial score (nSPS) is 19.3. The van der Waals surface area contributed by atoms with Gasteiger partial charge in [-0.15, -0.1) is 0 Å². The summed E-state index contributed by atoms with van der Waals surface area (Å²) in [7, 11) is 0. The van der Waals surface area contributed by atoms with Crippen molar-refractivity contribution < 1.29 is 50.1 Å². The number of hydrogen-bond donors (Lipinski definition) is 3. The summed E-state index contributed by atoms with van der Waals surface area (Å²) in [5.41, 5.74) is 0.965. The Bertz CT molecular complexity index is 1570. The van der Waals surface area contributed by atoms with Crippen LogP contribution in [0.1, 0.15) is 113 Å². The molecule has 65 heavy (non-hydrogen) atoms. The van der Waals surface area contributed by atoms with E-state index < -0.39 is 0 Å². The van der Waals surface area contributed by atoms with E-state index in [4.69, 9.17) is 9.84 Å². The van der Waals surface area contributed by atoms with Crippen LogP contribution in [0.2, 0.25) is 0 Å². The monoisotopic (exact) mass is 1080 g/mol. The molecule has 14 heteroatoms. The molecule has 0 radical (unpaired) electrons. The number of aliphatic hydroxyl groups excluding tert-OH is 1. The van der Waals surface area contributed by atoms with E-state index in [-0.39, 0.29) is 76.5 Å². The maximum atomic E-state index is 12.8. The second-order valence-corrected chi connectivity index (χ2v) is 18.6. The number of carbonyl (C=O) groups is 4. The number of pyridine rings is 1. The Labute approximate surface area is 407 Å². The quantitative estimate of drug-likeness (QED) is 0.187. The van der Waals surface area contributed by atoms with Gasteiger partial charge < -0.3 is 46.5 Å². The van der Waals surface area contributed by atoms with Gasteiger partial charge in [-0.3, -0.25) is 24.2 Å². The first-order valence-electron chi connectivity index (χ1n) is 24.3. The summed E-state index contributed by atoms with van der Waals surface area (Å²) in [6.07, 6.45) is 11.1. The average Bonchev–Trinajstić information content (AvgIpc) is 3.30. The van der Waals surface area contributed by atoms with Crippen LogP contribution in [0.15, 0.2) is 54.9 Å². The molecule has 4 aliphatic heterocycles. The van der Waals surface area contributed by atoms with Crippen LogP contribution < -0.4 is 15.4 Å². The Morgan fingerprint density at radius 3 is 1.71 bits per heavy atom. The van der Waals surface area contributed by atoms with Gasteiger partial charge in [0.25, 0.3) is 0 Å². The van der Waals surface area contributed by atoms with E-state index in [9.17, 15) is 19.2 Å². The number of hydrogen-bond acceptors (Lipinski definition) is 9. The molecule has 368 valence electrons. The number of piperidine rings is 2. The third-order valence-corrected chi connectivity index (χ3v) is 11.5. The van der Waals surface area contributed by atoms with Crippen molar-refractivity contribution in [2.75, 3.05) is 72.1 Å². The molecule has 0 spiro atoms. The average molecular weight is 1080 g/mol.